The highest BCUT2D eigenvalue weighted by Crippen LogP contribution is 2.31. The molecule has 3 heteroatoms. The van der Waals surface area contributed by atoms with E-state index in [9.17, 15) is 0 Å². The molecule has 3 unspecified atom stereocenters. The second-order valence-electron chi connectivity index (χ2n) is 4.90. The van der Waals surface area contributed by atoms with Crippen LogP contribution < -0.4 is 5.32 Å². The minimum absolute atomic E-state index is 0.690. The number of hydrogen-bond acceptors (Lipinski definition) is 2. The van der Waals surface area contributed by atoms with Gasteiger partial charge in [0.05, 0.1) is 12.0 Å². The van der Waals surface area contributed by atoms with E-state index in [1.807, 2.05) is 19.6 Å². The molecule has 15 heavy (non-hydrogen) atoms. The molecule has 0 amide bonds. The van der Waals surface area contributed by atoms with E-state index in [4.69, 9.17) is 0 Å². The summed E-state index contributed by atoms with van der Waals surface area (Å²) in [6.07, 6.45) is 6.48. The van der Waals surface area contributed by atoms with Crippen LogP contribution in [0.4, 0.5) is 0 Å². The van der Waals surface area contributed by atoms with Gasteiger partial charge in [-0.05, 0) is 24.7 Å². The third kappa shape index (κ3) is 2.23. The third-order valence-electron chi connectivity index (χ3n) is 3.93. The van der Waals surface area contributed by atoms with Gasteiger partial charge in [-0.1, -0.05) is 13.8 Å². The van der Waals surface area contributed by atoms with Crippen LogP contribution in [0.1, 0.15) is 32.4 Å². The van der Waals surface area contributed by atoms with Gasteiger partial charge in [-0.2, -0.15) is 0 Å². The van der Waals surface area contributed by atoms with Crippen LogP contribution in [-0.2, 0) is 13.6 Å². The largest absolute Gasteiger partial charge is 0.337 e. The highest BCUT2D eigenvalue weighted by molar-refractivity contribution is 4.98. The van der Waals surface area contributed by atoms with Crippen LogP contribution in [0.25, 0.3) is 0 Å². The Labute approximate surface area is 91.9 Å². The number of nitrogens with one attached hydrogen (secondary N) is 1. The summed E-state index contributed by atoms with van der Waals surface area (Å²) in [6.45, 7) is 5.66. The first-order chi connectivity index (χ1) is 7.18. The summed E-state index contributed by atoms with van der Waals surface area (Å²) < 4.78 is 2.08. The Bertz CT molecular complexity index is 318. The van der Waals surface area contributed by atoms with Gasteiger partial charge >= 0.3 is 0 Å². The Morgan fingerprint density at radius 2 is 2.27 bits per heavy atom. The summed E-state index contributed by atoms with van der Waals surface area (Å²) in [7, 11) is 2.05. The molecular weight excluding hydrogens is 186 g/mol. The predicted octanol–water partition coefficient (Wildman–Crippen LogP) is 1.94. The molecule has 0 radical (unpaired) electrons. The van der Waals surface area contributed by atoms with Gasteiger partial charge in [0.15, 0.2) is 0 Å². The van der Waals surface area contributed by atoms with E-state index in [-0.39, 0.29) is 0 Å². The zero-order valence-corrected chi connectivity index (χ0v) is 9.90. The van der Waals surface area contributed by atoms with Crippen molar-refractivity contribution in [2.24, 2.45) is 18.9 Å². The lowest BCUT2D eigenvalue weighted by Gasteiger charge is -2.19. The fourth-order valence-corrected chi connectivity index (χ4v) is 2.44. The van der Waals surface area contributed by atoms with Crippen LogP contribution in [0.3, 0.4) is 0 Å². The second-order valence-corrected chi connectivity index (χ2v) is 4.90. The molecule has 84 valence electrons. The SMILES string of the molecule is CC1CCC(NCc2cncn2C)C1C. The molecule has 1 fully saturated rings. The van der Waals surface area contributed by atoms with Crippen molar-refractivity contribution >= 4 is 0 Å². The summed E-state index contributed by atoms with van der Waals surface area (Å²) >= 11 is 0. The number of rotatable bonds is 3. The maximum Gasteiger partial charge on any atom is 0.0945 e. The number of nitrogens with zero attached hydrogens (tertiary/aromatic N) is 2. The normalized spacial score (nSPS) is 31.0. The number of hydrogen-bond donors (Lipinski definition) is 1. The molecular formula is C12H21N3. The molecule has 1 N–H and O–H groups in total. The summed E-state index contributed by atoms with van der Waals surface area (Å²) in [4.78, 5) is 4.12. The van der Waals surface area contributed by atoms with Crippen molar-refractivity contribution in [3.05, 3.63) is 18.2 Å². The van der Waals surface area contributed by atoms with Gasteiger partial charge in [0.1, 0.15) is 0 Å². The average molecular weight is 207 g/mol. The zero-order chi connectivity index (χ0) is 10.8. The van der Waals surface area contributed by atoms with E-state index in [1.165, 1.54) is 18.5 Å². The van der Waals surface area contributed by atoms with Crippen LogP contribution in [-0.4, -0.2) is 15.6 Å². The van der Waals surface area contributed by atoms with Crippen molar-refractivity contribution in [3.63, 3.8) is 0 Å². The Morgan fingerprint density at radius 1 is 1.47 bits per heavy atom. The summed E-state index contributed by atoms with van der Waals surface area (Å²) in [5.74, 6) is 1.67. The van der Waals surface area contributed by atoms with Crippen molar-refractivity contribution in [2.75, 3.05) is 0 Å². The van der Waals surface area contributed by atoms with E-state index >= 15 is 0 Å². The van der Waals surface area contributed by atoms with E-state index in [2.05, 4.69) is 28.7 Å². The predicted molar refractivity (Wildman–Crippen MR) is 61.4 cm³/mol. The van der Waals surface area contributed by atoms with Gasteiger partial charge in [-0.25, -0.2) is 4.98 Å². The lowest BCUT2D eigenvalue weighted by atomic mass is 9.98. The molecule has 1 aromatic heterocycles. The first-order valence-corrected chi connectivity index (χ1v) is 5.87. The summed E-state index contributed by atoms with van der Waals surface area (Å²) in [5, 5.41) is 3.64. The van der Waals surface area contributed by atoms with Crippen LogP contribution in [0.5, 0.6) is 0 Å². The maximum atomic E-state index is 4.12. The molecule has 0 aromatic carbocycles. The molecule has 2 rings (SSSR count). The molecule has 0 bridgehead atoms. The highest BCUT2D eigenvalue weighted by atomic mass is 15.1. The van der Waals surface area contributed by atoms with Crippen molar-refractivity contribution < 1.29 is 0 Å². The molecule has 0 saturated heterocycles. The zero-order valence-electron chi connectivity index (χ0n) is 9.90. The molecule has 1 aromatic rings. The lowest BCUT2D eigenvalue weighted by Crippen LogP contribution is -2.32. The topological polar surface area (TPSA) is 29.9 Å². The van der Waals surface area contributed by atoms with Crippen molar-refractivity contribution in [1.29, 1.82) is 0 Å². The highest BCUT2D eigenvalue weighted by Gasteiger charge is 2.29. The van der Waals surface area contributed by atoms with Gasteiger partial charge in [0.25, 0.3) is 0 Å². The minimum atomic E-state index is 0.690. The minimum Gasteiger partial charge on any atom is -0.337 e. The monoisotopic (exact) mass is 207 g/mol. The first-order valence-electron chi connectivity index (χ1n) is 5.87. The third-order valence-corrected chi connectivity index (χ3v) is 3.93. The van der Waals surface area contributed by atoms with Gasteiger partial charge in [0.2, 0.25) is 0 Å². The van der Waals surface area contributed by atoms with E-state index in [0.717, 1.165) is 18.4 Å². The fourth-order valence-electron chi connectivity index (χ4n) is 2.44. The van der Waals surface area contributed by atoms with Crippen LogP contribution in [0.15, 0.2) is 12.5 Å². The van der Waals surface area contributed by atoms with Crippen LogP contribution >= 0.6 is 0 Å². The molecule has 0 spiro atoms. The number of aromatic nitrogens is 2. The Kier molecular flexibility index (Phi) is 3.10. The molecule has 3 atom stereocenters. The van der Waals surface area contributed by atoms with Gasteiger partial charge in [0, 0.05) is 25.8 Å². The van der Waals surface area contributed by atoms with Gasteiger partial charge in [-0.15, -0.1) is 0 Å². The van der Waals surface area contributed by atoms with Crippen molar-refractivity contribution in [1.82, 2.24) is 14.9 Å². The molecule has 1 aliphatic carbocycles. The fraction of sp³-hybridized carbons (Fsp3) is 0.750. The molecule has 1 saturated carbocycles. The number of aryl methyl sites for hydroxylation is 1. The van der Waals surface area contributed by atoms with Crippen LogP contribution in [0.2, 0.25) is 0 Å². The Hall–Kier alpha value is -0.830. The van der Waals surface area contributed by atoms with E-state index < -0.39 is 0 Å². The standard InChI is InChI=1S/C12H21N3/c1-9-4-5-12(10(9)2)14-7-11-6-13-8-15(11)3/h6,8-10,12,14H,4-5,7H2,1-3H3. The summed E-state index contributed by atoms with van der Waals surface area (Å²) in [6, 6.07) is 0.690. The maximum absolute atomic E-state index is 4.12. The molecule has 3 nitrogen and oxygen atoms in total. The first kappa shape index (κ1) is 10.7. The average Bonchev–Trinajstić information content (AvgIpc) is 2.74. The van der Waals surface area contributed by atoms with Crippen LogP contribution in [0, 0.1) is 11.8 Å². The quantitative estimate of drug-likeness (QED) is 0.821. The van der Waals surface area contributed by atoms with Crippen molar-refractivity contribution in [2.45, 2.75) is 39.3 Å². The van der Waals surface area contributed by atoms with E-state index in [0.29, 0.717) is 6.04 Å². The molecule has 0 aliphatic heterocycles. The van der Waals surface area contributed by atoms with E-state index in [1.54, 1.807) is 0 Å². The molecule has 1 aliphatic rings. The Morgan fingerprint density at radius 3 is 2.80 bits per heavy atom. The Balaban J connectivity index is 1.86. The van der Waals surface area contributed by atoms with Gasteiger partial charge < -0.3 is 9.88 Å². The second kappa shape index (κ2) is 4.35. The lowest BCUT2D eigenvalue weighted by molar-refractivity contribution is 0.367. The van der Waals surface area contributed by atoms with Crippen molar-refractivity contribution in [3.8, 4) is 0 Å². The summed E-state index contributed by atoms with van der Waals surface area (Å²) in [5.41, 5.74) is 1.27. The smallest absolute Gasteiger partial charge is 0.0945 e. The number of imidazole rings is 1. The van der Waals surface area contributed by atoms with Gasteiger partial charge in [-0.3, -0.25) is 0 Å². The molecule has 1 heterocycles.